The molecule has 1 aromatic heterocycles. The van der Waals surface area contributed by atoms with E-state index in [1.807, 2.05) is 36.4 Å². The zero-order valence-corrected chi connectivity index (χ0v) is 13.3. The molecule has 1 aliphatic rings. The Morgan fingerprint density at radius 2 is 1.87 bits per heavy atom. The summed E-state index contributed by atoms with van der Waals surface area (Å²) in [7, 11) is 0. The molecule has 1 heterocycles. The summed E-state index contributed by atoms with van der Waals surface area (Å²) < 4.78 is 3.86. The van der Waals surface area contributed by atoms with Crippen LogP contribution in [0.3, 0.4) is 0 Å². The standard InChI is InChI=1S/C18H15N3OS/c22-18(15-5-4-12-2-1-3-14(12)10-15)20-16-8-6-13(7-9-16)17-11-19-21-23-17/h4-11H,1-3H2,(H,20,22). The van der Waals surface area contributed by atoms with Crippen molar-refractivity contribution in [2.24, 2.45) is 0 Å². The van der Waals surface area contributed by atoms with Crippen molar-refractivity contribution < 1.29 is 4.79 Å². The Kier molecular flexibility index (Phi) is 3.63. The molecule has 0 unspecified atom stereocenters. The number of nitrogens with zero attached hydrogens (tertiary/aromatic N) is 2. The van der Waals surface area contributed by atoms with Crippen LogP contribution < -0.4 is 5.32 Å². The second-order valence-electron chi connectivity index (χ2n) is 5.65. The van der Waals surface area contributed by atoms with E-state index in [0.717, 1.165) is 34.5 Å². The van der Waals surface area contributed by atoms with E-state index in [9.17, 15) is 4.79 Å². The Balaban J connectivity index is 1.50. The topological polar surface area (TPSA) is 54.9 Å². The first-order valence-electron chi connectivity index (χ1n) is 7.60. The molecular formula is C18H15N3OS. The van der Waals surface area contributed by atoms with Gasteiger partial charge in [-0.3, -0.25) is 4.79 Å². The van der Waals surface area contributed by atoms with Crippen molar-refractivity contribution in [3.05, 3.63) is 65.4 Å². The second-order valence-corrected chi connectivity index (χ2v) is 6.44. The van der Waals surface area contributed by atoms with Gasteiger partial charge in [0.2, 0.25) is 0 Å². The smallest absolute Gasteiger partial charge is 0.255 e. The van der Waals surface area contributed by atoms with Gasteiger partial charge in [0.1, 0.15) is 0 Å². The molecule has 3 aromatic rings. The number of hydrogen-bond donors (Lipinski definition) is 1. The van der Waals surface area contributed by atoms with E-state index in [2.05, 4.69) is 21.0 Å². The molecule has 23 heavy (non-hydrogen) atoms. The van der Waals surface area contributed by atoms with Gasteiger partial charge in [0, 0.05) is 11.3 Å². The Bertz CT molecular complexity index is 841. The Hall–Kier alpha value is -2.53. The largest absolute Gasteiger partial charge is 0.322 e. The molecule has 4 rings (SSSR count). The van der Waals surface area contributed by atoms with Crippen molar-refractivity contribution in [3.63, 3.8) is 0 Å². The van der Waals surface area contributed by atoms with Crippen molar-refractivity contribution in [1.82, 2.24) is 9.59 Å². The molecule has 5 heteroatoms. The molecule has 0 spiro atoms. The van der Waals surface area contributed by atoms with Gasteiger partial charge in [-0.1, -0.05) is 22.7 Å². The van der Waals surface area contributed by atoms with Crippen molar-refractivity contribution in [3.8, 4) is 10.4 Å². The van der Waals surface area contributed by atoms with Crippen LogP contribution in [-0.2, 0) is 12.8 Å². The Labute approximate surface area is 138 Å². The fourth-order valence-corrected chi connectivity index (χ4v) is 3.45. The van der Waals surface area contributed by atoms with Crippen LogP contribution in [0, 0.1) is 0 Å². The van der Waals surface area contributed by atoms with Crippen LogP contribution in [0.5, 0.6) is 0 Å². The summed E-state index contributed by atoms with van der Waals surface area (Å²) in [5.41, 5.74) is 5.25. The fourth-order valence-electron chi connectivity index (χ4n) is 2.93. The zero-order chi connectivity index (χ0) is 15.6. The van der Waals surface area contributed by atoms with Crippen LogP contribution in [0.4, 0.5) is 5.69 Å². The number of aryl methyl sites for hydroxylation is 2. The first kappa shape index (κ1) is 14.1. The maximum atomic E-state index is 12.4. The van der Waals surface area contributed by atoms with Gasteiger partial charge in [-0.25, -0.2) is 0 Å². The number of carbonyl (C=O) groups is 1. The van der Waals surface area contributed by atoms with Crippen LogP contribution in [-0.4, -0.2) is 15.5 Å². The molecule has 1 aliphatic carbocycles. The quantitative estimate of drug-likeness (QED) is 0.795. The monoisotopic (exact) mass is 321 g/mol. The van der Waals surface area contributed by atoms with Crippen LogP contribution in [0.2, 0.25) is 0 Å². The number of fused-ring (bicyclic) bond motifs is 1. The van der Waals surface area contributed by atoms with Gasteiger partial charge in [-0.15, -0.1) is 5.10 Å². The van der Waals surface area contributed by atoms with Gasteiger partial charge < -0.3 is 5.32 Å². The highest BCUT2D eigenvalue weighted by molar-refractivity contribution is 7.09. The van der Waals surface area contributed by atoms with Gasteiger partial charge in [0.25, 0.3) is 5.91 Å². The van der Waals surface area contributed by atoms with Crippen LogP contribution >= 0.6 is 11.5 Å². The van der Waals surface area contributed by atoms with E-state index in [1.54, 1.807) is 6.20 Å². The number of hydrogen-bond acceptors (Lipinski definition) is 4. The van der Waals surface area contributed by atoms with Gasteiger partial charge in [-0.2, -0.15) is 0 Å². The van der Waals surface area contributed by atoms with Gasteiger partial charge >= 0.3 is 0 Å². The third-order valence-corrected chi connectivity index (χ3v) is 4.86. The number of benzene rings is 2. The van der Waals surface area contributed by atoms with E-state index in [-0.39, 0.29) is 5.91 Å². The van der Waals surface area contributed by atoms with E-state index in [0.29, 0.717) is 0 Å². The van der Waals surface area contributed by atoms with Crippen LogP contribution in [0.25, 0.3) is 10.4 Å². The lowest BCUT2D eigenvalue weighted by molar-refractivity contribution is 0.102. The van der Waals surface area contributed by atoms with Crippen molar-refractivity contribution in [1.29, 1.82) is 0 Å². The first-order chi connectivity index (χ1) is 11.3. The van der Waals surface area contributed by atoms with E-state index in [4.69, 9.17) is 0 Å². The predicted molar refractivity (Wildman–Crippen MR) is 91.8 cm³/mol. The molecule has 0 bridgehead atoms. The van der Waals surface area contributed by atoms with Gasteiger partial charge in [-0.05, 0) is 71.8 Å². The Morgan fingerprint density at radius 1 is 1.04 bits per heavy atom. The lowest BCUT2D eigenvalue weighted by Gasteiger charge is -2.07. The molecule has 0 atom stereocenters. The second kappa shape index (κ2) is 5.93. The number of rotatable bonds is 3. The minimum absolute atomic E-state index is 0.0630. The minimum atomic E-state index is -0.0630. The minimum Gasteiger partial charge on any atom is -0.322 e. The maximum absolute atomic E-state index is 12.4. The number of aromatic nitrogens is 2. The molecule has 0 saturated heterocycles. The van der Waals surface area contributed by atoms with Crippen molar-refractivity contribution in [2.75, 3.05) is 5.32 Å². The molecule has 2 aromatic carbocycles. The molecule has 0 fully saturated rings. The predicted octanol–water partition coefficient (Wildman–Crippen LogP) is 3.95. The lowest BCUT2D eigenvalue weighted by Crippen LogP contribution is -2.12. The highest BCUT2D eigenvalue weighted by Crippen LogP contribution is 2.25. The van der Waals surface area contributed by atoms with Gasteiger partial charge in [0.05, 0.1) is 11.1 Å². The molecular weight excluding hydrogens is 306 g/mol. The number of anilines is 1. The highest BCUT2D eigenvalue weighted by atomic mass is 32.1. The molecule has 114 valence electrons. The van der Waals surface area contributed by atoms with E-state index in [1.165, 1.54) is 29.1 Å². The molecule has 1 amide bonds. The summed E-state index contributed by atoms with van der Waals surface area (Å²) in [5, 5.41) is 6.79. The average Bonchev–Trinajstić information content (AvgIpc) is 3.26. The molecule has 0 radical (unpaired) electrons. The first-order valence-corrected chi connectivity index (χ1v) is 8.38. The van der Waals surface area contributed by atoms with Crippen LogP contribution in [0.15, 0.2) is 48.7 Å². The summed E-state index contributed by atoms with van der Waals surface area (Å²) in [5.74, 6) is -0.0630. The van der Waals surface area contributed by atoms with E-state index < -0.39 is 0 Å². The fraction of sp³-hybridized carbons (Fsp3) is 0.167. The third kappa shape index (κ3) is 2.87. The molecule has 0 saturated carbocycles. The number of nitrogens with one attached hydrogen (secondary N) is 1. The normalized spacial score (nSPS) is 12.9. The summed E-state index contributed by atoms with van der Waals surface area (Å²) >= 11 is 1.36. The molecule has 4 nitrogen and oxygen atoms in total. The zero-order valence-electron chi connectivity index (χ0n) is 12.5. The van der Waals surface area contributed by atoms with Crippen molar-refractivity contribution >= 4 is 23.1 Å². The number of carbonyl (C=O) groups excluding carboxylic acids is 1. The molecule has 1 N–H and O–H groups in total. The SMILES string of the molecule is O=C(Nc1ccc(-c2cnns2)cc1)c1ccc2c(c1)CCC2. The summed E-state index contributed by atoms with van der Waals surface area (Å²) in [4.78, 5) is 13.4. The number of amides is 1. The highest BCUT2D eigenvalue weighted by Gasteiger charge is 2.14. The third-order valence-electron chi connectivity index (χ3n) is 4.15. The Morgan fingerprint density at radius 3 is 2.65 bits per heavy atom. The lowest BCUT2D eigenvalue weighted by atomic mass is 10.1. The average molecular weight is 321 g/mol. The maximum Gasteiger partial charge on any atom is 0.255 e. The van der Waals surface area contributed by atoms with Gasteiger partial charge in [0.15, 0.2) is 0 Å². The summed E-state index contributed by atoms with van der Waals surface area (Å²) in [6.45, 7) is 0. The van der Waals surface area contributed by atoms with Crippen LogP contribution in [0.1, 0.15) is 27.9 Å². The summed E-state index contributed by atoms with van der Waals surface area (Å²) in [6.07, 6.45) is 5.14. The van der Waals surface area contributed by atoms with E-state index >= 15 is 0 Å². The van der Waals surface area contributed by atoms with Crippen molar-refractivity contribution in [2.45, 2.75) is 19.3 Å². The molecule has 0 aliphatic heterocycles. The summed E-state index contributed by atoms with van der Waals surface area (Å²) in [6, 6.07) is 13.8.